The van der Waals surface area contributed by atoms with E-state index in [-0.39, 0.29) is 0 Å². The number of hydrogen-bond acceptors (Lipinski definition) is 7. The summed E-state index contributed by atoms with van der Waals surface area (Å²) in [7, 11) is -1.85. The van der Waals surface area contributed by atoms with Crippen molar-refractivity contribution in [2.75, 3.05) is 43.4 Å². The van der Waals surface area contributed by atoms with Crippen molar-refractivity contribution >= 4 is 32.4 Å². The van der Waals surface area contributed by atoms with Gasteiger partial charge in [0.2, 0.25) is 10.0 Å². The lowest BCUT2D eigenvalue weighted by atomic mass is 9.98. The van der Waals surface area contributed by atoms with Crippen molar-refractivity contribution in [1.29, 1.82) is 0 Å². The molecule has 1 fully saturated rings. The average Bonchev–Trinajstić information content (AvgIpc) is 2.92. The minimum atomic E-state index is -3.56. The first kappa shape index (κ1) is 27.8. The number of sulfonamides is 1. The van der Waals surface area contributed by atoms with Crippen LogP contribution in [-0.2, 0) is 23.0 Å². The van der Waals surface area contributed by atoms with E-state index in [0.29, 0.717) is 35.9 Å². The van der Waals surface area contributed by atoms with Crippen LogP contribution in [0.15, 0.2) is 41.6 Å². The van der Waals surface area contributed by atoms with Gasteiger partial charge in [-0.15, -0.1) is 0 Å². The van der Waals surface area contributed by atoms with Crippen LogP contribution in [0.3, 0.4) is 0 Å². The molecule has 1 saturated heterocycles. The Hall–Kier alpha value is -2.75. The van der Waals surface area contributed by atoms with Gasteiger partial charge in [0.25, 0.3) is 0 Å². The normalized spacial score (nSPS) is 17.6. The zero-order chi connectivity index (χ0) is 27.7. The highest BCUT2D eigenvalue weighted by molar-refractivity contribution is 7.89. The molecule has 3 heterocycles. The van der Waals surface area contributed by atoms with Crippen LogP contribution < -0.4 is 15.5 Å². The van der Waals surface area contributed by atoms with E-state index >= 15 is 0 Å². The van der Waals surface area contributed by atoms with E-state index in [1.807, 2.05) is 12.1 Å². The second-order valence-corrected chi connectivity index (χ2v) is 13.7. The molecule has 1 unspecified atom stereocenters. The van der Waals surface area contributed by atoms with Gasteiger partial charge in [0.1, 0.15) is 12.1 Å². The first-order valence-electron chi connectivity index (χ1n) is 14.2. The van der Waals surface area contributed by atoms with Gasteiger partial charge in [-0.2, -0.15) is 0 Å². The average molecular weight is 551 g/mol. The molecule has 210 valence electrons. The quantitative estimate of drug-likeness (QED) is 0.424. The molecule has 0 amide bonds. The maximum atomic E-state index is 13.5. The van der Waals surface area contributed by atoms with Crippen LogP contribution in [0.2, 0.25) is 0 Å². The molecule has 1 aromatic heterocycles. The minimum absolute atomic E-state index is 0.338. The van der Waals surface area contributed by atoms with Gasteiger partial charge in [-0.25, -0.2) is 22.7 Å². The van der Waals surface area contributed by atoms with Gasteiger partial charge in [-0.3, -0.25) is 0 Å². The van der Waals surface area contributed by atoms with Crippen LogP contribution in [0, 0.1) is 18.8 Å². The smallest absolute Gasteiger partial charge is 0.242 e. The molecule has 0 radical (unpaired) electrons. The van der Waals surface area contributed by atoms with Crippen molar-refractivity contribution in [3.05, 3.63) is 53.3 Å². The molecule has 1 atom stereocenters. The van der Waals surface area contributed by atoms with Crippen LogP contribution in [0.5, 0.6) is 0 Å². The molecule has 9 heteroatoms. The third kappa shape index (κ3) is 5.90. The van der Waals surface area contributed by atoms with Gasteiger partial charge in [0.05, 0.1) is 10.4 Å². The maximum Gasteiger partial charge on any atom is 0.242 e. The maximum absolute atomic E-state index is 13.5. The van der Waals surface area contributed by atoms with Crippen LogP contribution in [0.4, 0.5) is 11.5 Å². The van der Waals surface area contributed by atoms with Gasteiger partial charge in [0, 0.05) is 43.8 Å². The number of hydrogen-bond donors (Lipinski definition) is 2. The Kier molecular flexibility index (Phi) is 8.12. The van der Waals surface area contributed by atoms with Gasteiger partial charge < -0.3 is 15.5 Å². The molecule has 39 heavy (non-hydrogen) atoms. The Morgan fingerprint density at radius 3 is 2.62 bits per heavy atom. The standard InChI is InChI=1S/C30H42N6O2S/c1-20(2)22(4)34-26-14-21(3)29-28(16-26)30(33-19-32-29)36-13-10-24-6-7-27(15-25(24)18-36)39(37,38)35(5)17-23-8-11-31-12-9-23/h6-7,14-16,19-20,22-23,31,34H,8-13,17-18H2,1-5H3. The van der Waals surface area contributed by atoms with Crippen molar-refractivity contribution < 1.29 is 8.42 Å². The van der Waals surface area contributed by atoms with Crippen LogP contribution in [0.25, 0.3) is 10.9 Å². The third-order valence-electron chi connectivity index (χ3n) is 8.47. The van der Waals surface area contributed by atoms with Gasteiger partial charge in [-0.1, -0.05) is 19.9 Å². The van der Waals surface area contributed by atoms with E-state index in [4.69, 9.17) is 4.98 Å². The second-order valence-electron chi connectivity index (χ2n) is 11.6. The monoisotopic (exact) mass is 550 g/mol. The lowest BCUT2D eigenvalue weighted by molar-refractivity contribution is 0.311. The highest BCUT2D eigenvalue weighted by atomic mass is 32.2. The molecule has 2 aliphatic rings. The second kappa shape index (κ2) is 11.4. The van der Waals surface area contributed by atoms with E-state index in [9.17, 15) is 8.42 Å². The Labute approximate surface area is 233 Å². The molecule has 0 aliphatic carbocycles. The number of piperidine rings is 1. The van der Waals surface area contributed by atoms with E-state index in [0.717, 1.165) is 72.4 Å². The molecule has 2 aromatic carbocycles. The molecule has 5 rings (SSSR count). The number of nitrogens with one attached hydrogen (secondary N) is 2. The molecule has 3 aromatic rings. The van der Waals surface area contributed by atoms with Crippen molar-refractivity contribution in [2.45, 2.75) is 64.4 Å². The number of benzene rings is 2. The Balaban J connectivity index is 1.41. The number of nitrogens with zero attached hydrogens (tertiary/aromatic N) is 4. The van der Waals surface area contributed by atoms with Crippen LogP contribution >= 0.6 is 0 Å². The molecular formula is C30H42N6O2S. The summed E-state index contributed by atoms with van der Waals surface area (Å²) in [5, 5.41) is 8.01. The fourth-order valence-electron chi connectivity index (χ4n) is 5.68. The molecule has 0 bridgehead atoms. The van der Waals surface area contributed by atoms with E-state index in [1.54, 1.807) is 23.7 Å². The Morgan fingerprint density at radius 2 is 1.87 bits per heavy atom. The summed E-state index contributed by atoms with van der Waals surface area (Å²) >= 11 is 0. The topological polar surface area (TPSA) is 90.5 Å². The zero-order valence-corrected chi connectivity index (χ0v) is 24.7. The SMILES string of the molecule is Cc1cc(NC(C)C(C)C)cc2c(N3CCc4ccc(S(=O)(=O)N(C)CC5CCNCC5)cc4C3)ncnc12. The highest BCUT2D eigenvalue weighted by Crippen LogP contribution is 2.33. The predicted octanol–water partition coefficient (Wildman–Crippen LogP) is 4.58. The predicted molar refractivity (Wildman–Crippen MR) is 159 cm³/mol. The van der Waals surface area contributed by atoms with Crippen LogP contribution in [-0.4, -0.2) is 62.0 Å². The van der Waals surface area contributed by atoms with Gasteiger partial charge >= 0.3 is 0 Å². The largest absolute Gasteiger partial charge is 0.382 e. The van der Waals surface area contributed by atoms with Crippen LogP contribution in [0.1, 0.15) is 50.3 Å². The molecule has 2 N–H and O–H groups in total. The zero-order valence-electron chi connectivity index (χ0n) is 23.9. The summed E-state index contributed by atoms with van der Waals surface area (Å²) < 4.78 is 28.5. The molecule has 0 saturated carbocycles. The number of fused-ring (bicyclic) bond motifs is 2. The van der Waals surface area contributed by atoms with Crippen molar-refractivity contribution in [2.24, 2.45) is 11.8 Å². The van der Waals surface area contributed by atoms with Gasteiger partial charge in [0.15, 0.2) is 0 Å². The number of anilines is 2. The van der Waals surface area contributed by atoms with E-state index in [2.05, 4.69) is 60.3 Å². The number of aromatic nitrogens is 2. The fourth-order valence-corrected chi connectivity index (χ4v) is 6.98. The van der Waals surface area contributed by atoms with E-state index < -0.39 is 10.0 Å². The van der Waals surface area contributed by atoms with Crippen molar-refractivity contribution in [1.82, 2.24) is 19.6 Å². The fraction of sp³-hybridized carbons (Fsp3) is 0.533. The molecule has 2 aliphatic heterocycles. The Bertz CT molecular complexity index is 1430. The molecular weight excluding hydrogens is 508 g/mol. The lowest BCUT2D eigenvalue weighted by Crippen LogP contribution is -2.37. The first-order chi connectivity index (χ1) is 18.6. The number of rotatable bonds is 8. The van der Waals surface area contributed by atoms with Crippen molar-refractivity contribution in [3.63, 3.8) is 0 Å². The summed E-state index contributed by atoms with van der Waals surface area (Å²) in [6.07, 6.45) is 4.51. The summed E-state index contributed by atoms with van der Waals surface area (Å²) in [4.78, 5) is 11.9. The Morgan fingerprint density at radius 1 is 1.10 bits per heavy atom. The number of aryl methyl sites for hydroxylation is 1. The minimum Gasteiger partial charge on any atom is -0.382 e. The summed E-state index contributed by atoms with van der Waals surface area (Å²) in [5.41, 5.74) is 5.37. The van der Waals surface area contributed by atoms with Crippen molar-refractivity contribution in [3.8, 4) is 0 Å². The summed E-state index contributed by atoms with van der Waals surface area (Å²) in [6, 6.07) is 10.3. The molecule has 0 spiro atoms. The summed E-state index contributed by atoms with van der Waals surface area (Å²) in [6.45, 7) is 12.6. The lowest BCUT2D eigenvalue weighted by Gasteiger charge is -2.31. The van der Waals surface area contributed by atoms with E-state index in [1.165, 1.54) is 5.56 Å². The first-order valence-corrected chi connectivity index (χ1v) is 15.6. The highest BCUT2D eigenvalue weighted by Gasteiger charge is 2.27. The summed E-state index contributed by atoms with van der Waals surface area (Å²) in [5.74, 6) is 1.80. The third-order valence-corrected chi connectivity index (χ3v) is 10.3. The van der Waals surface area contributed by atoms with Gasteiger partial charge in [-0.05, 0) is 99.0 Å². The molecule has 8 nitrogen and oxygen atoms in total.